The molecule has 1 aromatic heterocycles. The fourth-order valence-corrected chi connectivity index (χ4v) is 2.62. The minimum absolute atomic E-state index is 0.150. The second-order valence-electron chi connectivity index (χ2n) is 3.95. The van der Waals surface area contributed by atoms with Crippen molar-refractivity contribution < 1.29 is 4.39 Å². The molecule has 0 saturated heterocycles. The number of benzene rings is 1. The monoisotopic (exact) mass is 223 g/mol. The van der Waals surface area contributed by atoms with Gasteiger partial charge in [0.2, 0.25) is 0 Å². The standard InChI is InChI=1S/C12H14FNS/c1-14(2)6-5-9-8-15-12-7-10(13)3-4-11(9)12/h3-4,7-8H,5-6H2,1-2H3. The van der Waals surface area contributed by atoms with Gasteiger partial charge in [0.05, 0.1) is 0 Å². The van der Waals surface area contributed by atoms with E-state index in [2.05, 4.69) is 24.4 Å². The van der Waals surface area contributed by atoms with Crippen LogP contribution in [0.15, 0.2) is 23.6 Å². The molecule has 0 saturated carbocycles. The zero-order chi connectivity index (χ0) is 10.8. The number of thiophene rings is 1. The van der Waals surface area contributed by atoms with Crippen molar-refractivity contribution in [2.24, 2.45) is 0 Å². The predicted octanol–water partition coefficient (Wildman–Crippen LogP) is 3.14. The maximum atomic E-state index is 13.0. The first-order valence-electron chi connectivity index (χ1n) is 4.97. The van der Waals surface area contributed by atoms with Gasteiger partial charge in [-0.25, -0.2) is 4.39 Å². The lowest BCUT2D eigenvalue weighted by Crippen LogP contribution is -2.14. The molecule has 0 aliphatic carbocycles. The molecule has 3 heteroatoms. The van der Waals surface area contributed by atoms with E-state index in [0.29, 0.717) is 0 Å². The Bertz CT molecular complexity index is 462. The van der Waals surface area contributed by atoms with E-state index in [0.717, 1.165) is 17.7 Å². The Morgan fingerprint density at radius 3 is 2.87 bits per heavy atom. The molecule has 80 valence electrons. The van der Waals surface area contributed by atoms with Crippen molar-refractivity contribution in [1.82, 2.24) is 4.90 Å². The molecule has 2 rings (SSSR count). The summed E-state index contributed by atoms with van der Waals surface area (Å²) in [5.41, 5.74) is 1.32. The van der Waals surface area contributed by atoms with Crippen LogP contribution in [0.3, 0.4) is 0 Å². The third-order valence-electron chi connectivity index (χ3n) is 2.45. The Kier molecular flexibility index (Phi) is 3.03. The van der Waals surface area contributed by atoms with Crippen molar-refractivity contribution >= 4 is 21.4 Å². The number of likely N-dealkylation sites (N-methyl/N-ethyl adjacent to an activating group) is 1. The lowest BCUT2D eigenvalue weighted by Gasteiger charge is -2.08. The summed E-state index contributed by atoms with van der Waals surface area (Å²) in [7, 11) is 4.13. The van der Waals surface area contributed by atoms with Gasteiger partial charge in [-0.1, -0.05) is 6.07 Å². The zero-order valence-corrected chi connectivity index (χ0v) is 9.77. The van der Waals surface area contributed by atoms with E-state index in [1.54, 1.807) is 17.4 Å². The molecule has 2 aromatic rings. The smallest absolute Gasteiger partial charge is 0.124 e. The molecule has 0 aliphatic heterocycles. The average molecular weight is 223 g/mol. The first-order chi connectivity index (χ1) is 7.16. The highest BCUT2D eigenvalue weighted by atomic mass is 32.1. The summed E-state index contributed by atoms with van der Waals surface area (Å²) in [6.07, 6.45) is 1.03. The van der Waals surface area contributed by atoms with Gasteiger partial charge in [-0.2, -0.15) is 0 Å². The van der Waals surface area contributed by atoms with E-state index in [1.807, 2.05) is 6.07 Å². The van der Waals surface area contributed by atoms with Crippen LogP contribution in [0, 0.1) is 5.82 Å². The molecule has 0 unspecified atom stereocenters. The van der Waals surface area contributed by atoms with Gasteiger partial charge in [-0.15, -0.1) is 11.3 Å². The average Bonchev–Trinajstić information content (AvgIpc) is 2.57. The highest BCUT2D eigenvalue weighted by molar-refractivity contribution is 7.17. The fraction of sp³-hybridized carbons (Fsp3) is 0.333. The highest BCUT2D eigenvalue weighted by Crippen LogP contribution is 2.26. The van der Waals surface area contributed by atoms with E-state index in [4.69, 9.17) is 0 Å². The molecule has 0 spiro atoms. The molecule has 0 bridgehead atoms. The Morgan fingerprint density at radius 2 is 2.13 bits per heavy atom. The minimum Gasteiger partial charge on any atom is -0.309 e. The molecule has 0 N–H and O–H groups in total. The Labute approximate surface area is 93.1 Å². The van der Waals surface area contributed by atoms with Crippen LogP contribution in [0.2, 0.25) is 0 Å². The van der Waals surface area contributed by atoms with Gasteiger partial charge in [0.1, 0.15) is 5.82 Å². The Hall–Kier alpha value is -0.930. The quantitative estimate of drug-likeness (QED) is 0.772. The minimum atomic E-state index is -0.150. The molecule has 15 heavy (non-hydrogen) atoms. The SMILES string of the molecule is CN(C)CCc1csc2cc(F)ccc12. The topological polar surface area (TPSA) is 3.24 Å². The first-order valence-corrected chi connectivity index (χ1v) is 5.85. The van der Waals surface area contributed by atoms with Crippen LogP contribution in [0.5, 0.6) is 0 Å². The first kappa shape index (κ1) is 10.6. The molecule has 0 aliphatic rings. The fourth-order valence-electron chi connectivity index (χ4n) is 1.59. The highest BCUT2D eigenvalue weighted by Gasteiger charge is 2.05. The Morgan fingerprint density at radius 1 is 1.33 bits per heavy atom. The van der Waals surface area contributed by atoms with Crippen LogP contribution < -0.4 is 0 Å². The van der Waals surface area contributed by atoms with E-state index < -0.39 is 0 Å². The van der Waals surface area contributed by atoms with E-state index in [9.17, 15) is 4.39 Å². The molecular formula is C12H14FNS. The second-order valence-corrected chi connectivity index (χ2v) is 4.87. The van der Waals surface area contributed by atoms with E-state index >= 15 is 0 Å². The largest absolute Gasteiger partial charge is 0.309 e. The lowest BCUT2D eigenvalue weighted by molar-refractivity contribution is 0.414. The second kappa shape index (κ2) is 4.29. The van der Waals surface area contributed by atoms with Crippen LogP contribution in [-0.2, 0) is 6.42 Å². The normalized spacial score (nSPS) is 11.5. The Balaban J connectivity index is 2.29. The third-order valence-corrected chi connectivity index (χ3v) is 3.44. The lowest BCUT2D eigenvalue weighted by atomic mass is 10.1. The van der Waals surface area contributed by atoms with Crippen LogP contribution >= 0.6 is 11.3 Å². The van der Waals surface area contributed by atoms with Crippen LogP contribution in [0.4, 0.5) is 4.39 Å². The van der Waals surface area contributed by atoms with Gasteiger partial charge < -0.3 is 4.90 Å². The van der Waals surface area contributed by atoms with E-state index in [-0.39, 0.29) is 5.82 Å². The molecule has 0 radical (unpaired) electrons. The van der Waals surface area contributed by atoms with Crippen molar-refractivity contribution in [3.8, 4) is 0 Å². The van der Waals surface area contributed by atoms with Crippen molar-refractivity contribution in [2.75, 3.05) is 20.6 Å². The van der Waals surface area contributed by atoms with Gasteiger partial charge in [-0.05, 0) is 49.0 Å². The zero-order valence-electron chi connectivity index (χ0n) is 8.96. The van der Waals surface area contributed by atoms with E-state index in [1.165, 1.54) is 17.0 Å². The molecule has 1 nitrogen and oxygen atoms in total. The summed E-state index contributed by atoms with van der Waals surface area (Å²) in [5.74, 6) is -0.150. The summed E-state index contributed by atoms with van der Waals surface area (Å²) in [4.78, 5) is 2.16. The number of rotatable bonds is 3. The molecular weight excluding hydrogens is 209 g/mol. The van der Waals surface area contributed by atoms with Gasteiger partial charge in [0, 0.05) is 11.2 Å². The van der Waals surface area contributed by atoms with Gasteiger partial charge >= 0.3 is 0 Å². The van der Waals surface area contributed by atoms with Crippen molar-refractivity contribution in [2.45, 2.75) is 6.42 Å². The number of nitrogens with zero attached hydrogens (tertiary/aromatic N) is 1. The van der Waals surface area contributed by atoms with Crippen molar-refractivity contribution in [1.29, 1.82) is 0 Å². The van der Waals surface area contributed by atoms with Crippen LogP contribution in [0.25, 0.3) is 10.1 Å². The summed E-state index contributed by atoms with van der Waals surface area (Å²) < 4.78 is 14.0. The number of fused-ring (bicyclic) bond motifs is 1. The maximum Gasteiger partial charge on any atom is 0.124 e. The van der Waals surface area contributed by atoms with Crippen molar-refractivity contribution in [3.05, 3.63) is 35.0 Å². The van der Waals surface area contributed by atoms with Crippen LogP contribution in [0.1, 0.15) is 5.56 Å². The maximum absolute atomic E-state index is 13.0. The van der Waals surface area contributed by atoms with Crippen LogP contribution in [-0.4, -0.2) is 25.5 Å². The molecule has 1 aromatic carbocycles. The number of hydrogen-bond acceptors (Lipinski definition) is 2. The molecule has 0 fully saturated rings. The summed E-state index contributed by atoms with van der Waals surface area (Å²) in [6, 6.07) is 5.03. The van der Waals surface area contributed by atoms with Gasteiger partial charge in [0.25, 0.3) is 0 Å². The predicted molar refractivity (Wildman–Crippen MR) is 64.0 cm³/mol. The van der Waals surface area contributed by atoms with Gasteiger partial charge in [0.15, 0.2) is 0 Å². The van der Waals surface area contributed by atoms with Gasteiger partial charge in [-0.3, -0.25) is 0 Å². The summed E-state index contributed by atoms with van der Waals surface area (Å²) in [6.45, 7) is 1.03. The number of halogens is 1. The molecule has 0 atom stereocenters. The summed E-state index contributed by atoms with van der Waals surface area (Å²) in [5, 5.41) is 3.33. The molecule has 0 amide bonds. The summed E-state index contributed by atoms with van der Waals surface area (Å²) >= 11 is 1.62. The van der Waals surface area contributed by atoms with Crippen molar-refractivity contribution in [3.63, 3.8) is 0 Å². The third kappa shape index (κ3) is 2.36. The molecule has 1 heterocycles. The number of hydrogen-bond donors (Lipinski definition) is 0.